The van der Waals surface area contributed by atoms with Gasteiger partial charge in [0.1, 0.15) is 5.75 Å². The first-order valence-electron chi connectivity index (χ1n) is 5.65. The van der Waals surface area contributed by atoms with Gasteiger partial charge in [-0.15, -0.1) is 0 Å². The Morgan fingerprint density at radius 1 is 1.21 bits per heavy atom. The standard InChI is InChI=1S/C11H14N2O5S/c12-11(14)18-9-1-3-10(4-2-9)19(15,16)13-5-7-17-8-6-13/h1-4H,5-8H2,(H2,12,14). The van der Waals surface area contributed by atoms with Crippen molar-refractivity contribution in [3.05, 3.63) is 24.3 Å². The summed E-state index contributed by atoms with van der Waals surface area (Å²) in [5.41, 5.74) is 4.86. The van der Waals surface area contributed by atoms with E-state index in [1.807, 2.05) is 0 Å². The minimum atomic E-state index is -3.53. The molecule has 0 unspecified atom stereocenters. The number of primary amides is 1. The second kappa shape index (κ2) is 5.55. The second-order valence-electron chi connectivity index (χ2n) is 3.91. The van der Waals surface area contributed by atoms with Crippen molar-refractivity contribution in [3.63, 3.8) is 0 Å². The average Bonchev–Trinajstić information content (AvgIpc) is 2.40. The van der Waals surface area contributed by atoms with Gasteiger partial charge in [-0.2, -0.15) is 4.31 Å². The van der Waals surface area contributed by atoms with Crippen LogP contribution in [0.1, 0.15) is 0 Å². The molecule has 1 aliphatic heterocycles. The summed E-state index contributed by atoms with van der Waals surface area (Å²) in [5, 5.41) is 0. The number of nitrogens with two attached hydrogens (primary N) is 1. The molecule has 1 aromatic carbocycles. The molecular formula is C11H14N2O5S. The topological polar surface area (TPSA) is 98.9 Å². The molecule has 2 rings (SSSR count). The zero-order valence-corrected chi connectivity index (χ0v) is 10.9. The number of carbonyl (C=O) groups excluding carboxylic acids is 1. The van der Waals surface area contributed by atoms with E-state index in [0.29, 0.717) is 26.3 Å². The van der Waals surface area contributed by atoms with Crippen LogP contribution in [0.4, 0.5) is 4.79 Å². The maximum atomic E-state index is 12.3. The van der Waals surface area contributed by atoms with Crippen LogP contribution >= 0.6 is 0 Å². The molecule has 0 bridgehead atoms. The number of sulfonamides is 1. The number of amides is 1. The third-order valence-electron chi connectivity index (χ3n) is 2.65. The van der Waals surface area contributed by atoms with E-state index < -0.39 is 16.1 Å². The lowest BCUT2D eigenvalue weighted by Gasteiger charge is -2.26. The molecule has 0 spiro atoms. The lowest BCUT2D eigenvalue weighted by atomic mass is 10.3. The molecule has 2 N–H and O–H groups in total. The highest BCUT2D eigenvalue weighted by Gasteiger charge is 2.26. The van der Waals surface area contributed by atoms with Crippen molar-refractivity contribution >= 4 is 16.1 Å². The molecule has 1 aliphatic rings. The smallest absolute Gasteiger partial charge is 0.409 e. The molecule has 0 atom stereocenters. The summed E-state index contributed by atoms with van der Waals surface area (Å²) in [6, 6.07) is 5.53. The van der Waals surface area contributed by atoms with Crippen LogP contribution in [-0.4, -0.2) is 45.1 Å². The van der Waals surface area contributed by atoms with Gasteiger partial charge in [-0.3, -0.25) is 0 Å². The highest BCUT2D eigenvalue weighted by Crippen LogP contribution is 2.20. The SMILES string of the molecule is NC(=O)Oc1ccc(S(=O)(=O)N2CCOCC2)cc1. The molecule has 0 aromatic heterocycles. The average molecular weight is 286 g/mol. The van der Waals surface area contributed by atoms with E-state index in [9.17, 15) is 13.2 Å². The Labute approximate surface area is 110 Å². The van der Waals surface area contributed by atoms with Gasteiger partial charge in [0.25, 0.3) is 0 Å². The van der Waals surface area contributed by atoms with E-state index in [-0.39, 0.29) is 10.6 Å². The highest BCUT2D eigenvalue weighted by atomic mass is 32.2. The van der Waals surface area contributed by atoms with Crippen LogP contribution in [0.5, 0.6) is 5.75 Å². The number of carbonyl (C=O) groups is 1. The molecule has 0 radical (unpaired) electrons. The van der Waals surface area contributed by atoms with E-state index in [1.165, 1.54) is 28.6 Å². The summed E-state index contributed by atoms with van der Waals surface area (Å²) in [6.07, 6.45) is -0.941. The van der Waals surface area contributed by atoms with Crippen LogP contribution < -0.4 is 10.5 Å². The molecule has 0 aliphatic carbocycles. The van der Waals surface area contributed by atoms with Gasteiger partial charge in [-0.05, 0) is 24.3 Å². The van der Waals surface area contributed by atoms with Crippen molar-refractivity contribution < 1.29 is 22.7 Å². The van der Waals surface area contributed by atoms with Crippen LogP contribution in [0, 0.1) is 0 Å². The first kappa shape index (κ1) is 13.8. The van der Waals surface area contributed by atoms with Gasteiger partial charge in [-0.1, -0.05) is 0 Å². The Morgan fingerprint density at radius 2 is 1.79 bits per heavy atom. The molecule has 1 heterocycles. The molecule has 7 nitrogen and oxygen atoms in total. The summed E-state index contributed by atoms with van der Waals surface area (Å²) >= 11 is 0. The molecular weight excluding hydrogens is 272 g/mol. The van der Waals surface area contributed by atoms with Crippen molar-refractivity contribution in [1.82, 2.24) is 4.31 Å². The van der Waals surface area contributed by atoms with Gasteiger partial charge < -0.3 is 15.2 Å². The molecule has 0 saturated carbocycles. The van der Waals surface area contributed by atoms with Crippen molar-refractivity contribution in [2.24, 2.45) is 5.73 Å². The van der Waals surface area contributed by atoms with Gasteiger partial charge >= 0.3 is 6.09 Å². The van der Waals surface area contributed by atoms with E-state index in [4.69, 9.17) is 10.5 Å². The summed E-state index contributed by atoms with van der Waals surface area (Å²) in [5.74, 6) is 0.202. The quantitative estimate of drug-likeness (QED) is 0.853. The van der Waals surface area contributed by atoms with Gasteiger partial charge in [0.05, 0.1) is 18.1 Å². The Kier molecular flexibility index (Phi) is 4.03. The summed E-state index contributed by atoms with van der Waals surface area (Å²) in [4.78, 5) is 10.7. The number of hydrogen-bond acceptors (Lipinski definition) is 5. The van der Waals surface area contributed by atoms with Gasteiger partial charge in [0, 0.05) is 13.1 Å². The summed E-state index contributed by atoms with van der Waals surface area (Å²) in [6.45, 7) is 1.45. The highest BCUT2D eigenvalue weighted by molar-refractivity contribution is 7.89. The van der Waals surface area contributed by atoms with Crippen LogP contribution in [0.2, 0.25) is 0 Å². The molecule has 8 heteroatoms. The number of benzene rings is 1. The van der Waals surface area contributed by atoms with E-state index in [1.54, 1.807) is 0 Å². The van der Waals surface area contributed by atoms with Crippen molar-refractivity contribution in [1.29, 1.82) is 0 Å². The molecule has 104 valence electrons. The Morgan fingerprint density at radius 3 is 2.32 bits per heavy atom. The third kappa shape index (κ3) is 3.22. The first-order chi connectivity index (χ1) is 9.00. The number of morpholine rings is 1. The maximum absolute atomic E-state index is 12.3. The summed E-state index contributed by atoms with van der Waals surface area (Å²) < 4.78 is 35.6. The Balaban J connectivity index is 2.18. The normalized spacial score (nSPS) is 17.1. The minimum absolute atomic E-state index is 0.145. The zero-order chi connectivity index (χ0) is 13.9. The van der Waals surface area contributed by atoms with Crippen LogP contribution in [0.15, 0.2) is 29.2 Å². The number of ether oxygens (including phenoxy) is 2. The van der Waals surface area contributed by atoms with Gasteiger partial charge in [-0.25, -0.2) is 13.2 Å². The minimum Gasteiger partial charge on any atom is -0.411 e. The maximum Gasteiger partial charge on any atom is 0.409 e. The lowest BCUT2D eigenvalue weighted by Crippen LogP contribution is -2.40. The predicted octanol–water partition coefficient (Wildman–Crippen LogP) is 0.165. The fourth-order valence-electron chi connectivity index (χ4n) is 1.73. The molecule has 1 saturated heterocycles. The molecule has 1 aromatic rings. The number of hydrogen-bond donors (Lipinski definition) is 1. The molecule has 1 amide bonds. The Bertz CT molecular complexity index is 549. The first-order valence-corrected chi connectivity index (χ1v) is 7.09. The van der Waals surface area contributed by atoms with Crippen molar-refractivity contribution in [2.45, 2.75) is 4.90 Å². The molecule has 19 heavy (non-hydrogen) atoms. The van der Waals surface area contributed by atoms with Crippen molar-refractivity contribution in [2.75, 3.05) is 26.3 Å². The van der Waals surface area contributed by atoms with E-state index in [2.05, 4.69) is 4.74 Å². The van der Waals surface area contributed by atoms with Crippen molar-refractivity contribution in [3.8, 4) is 5.75 Å². The number of nitrogens with zero attached hydrogens (tertiary/aromatic N) is 1. The van der Waals surface area contributed by atoms with Crippen LogP contribution in [0.3, 0.4) is 0 Å². The fraction of sp³-hybridized carbons (Fsp3) is 0.364. The second-order valence-corrected chi connectivity index (χ2v) is 5.85. The third-order valence-corrected chi connectivity index (χ3v) is 4.56. The fourth-order valence-corrected chi connectivity index (χ4v) is 3.14. The van der Waals surface area contributed by atoms with Gasteiger partial charge in [0.2, 0.25) is 10.0 Å². The van der Waals surface area contributed by atoms with Gasteiger partial charge in [0.15, 0.2) is 0 Å². The van der Waals surface area contributed by atoms with Crippen LogP contribution in [0.25, 0.3) is 0 Å². The Hall–Kier alpha value is -1.64. The van der Waals surface area contributed by atoms with E-state index in [0.717, 1.165) is 0 Å². The van der Waals surface area contributed by atoms with E-state index >= 15 is 0 Å². The lowest BCUT2D eigenvalue weighted by molar-refractivity contribution is 0.0730. The number of rotatable bonds is 3. The summed E-state index contributed by atoms with van der Waals surface area (Å²) in [7, 11) is -3.53. The zero-order valence-electron chi connectivity index (χ0n) is 10.1. The molecule has 1 fully saturated rings. The predicted molar refractivity (Wildman–Crippen MR) is 66.2 cm³/mol. The van der Waals surface area contributed by atoms with Crippen LogP contribution in [-0.2, 0) is 14.8 Å². The monoisotopic (exact) mass is 286 g/mol. The largest absolute Gasteiger partial charge is 0.411 e.